The van der Waals surface area contributed by atoms with Crippen LogP contribution in [-0.4, -0.2) is 18.0 Å². The first kappa shape index (κ1) is 12.5. The number of primary amides is 1. The molecule has 0 bridgehead atoms. The van der Waals surface area contributed by atoms with Crippen molar-refractivity contribution in [3.8, 4) is 0 Å². The molecule has 0 aromatic carbocycles. The van der Waals surface area contributed by atoms with Crippen LogP contribution in [0.1, 0.15) is 52.4 Å². The summed E-state index contributed by atoms with van der Waals surface area (Å²) in [5.74, 6) is 0.497. The maximum atomic E-state index is 11.3. The molecule has 0 spiro atoms. The lowest BCUT2D eigenvalue weighted by Gasteiger charge is -2.26. The maximum Gasteiger partial charge on any atom is 0.234 e. The summed E-state index contributed by atoms with van der Waals surface area (Å²) >= 11 is 0. The van der Waals surface area contributed by atoms with Gasteiger partial charge in [0.25, 0.3) is 0 Å². The molecule has 0 heterocycles. The molecule has 3 heteroatoms. The van der Waals surface area contributed by atoms with E-state index in [2.05, 4.69) is 19.2 Å². The minimum atomic E-state index is -0.200. The normalized spacial score (nSPS) is 20.5. The molecular weight excluding hydrogens is 188 g/mol. The lowest BCUT2D eigenvalue weighted by Crippen LogP contribution is -2.45. The molecule has 0 aliphatic heterocycles. The number of nitrogens with two attached hydrogens (primary N) is 1. The Labute approximate surface area is 92.8 Å². The van der Waals surface area contributed by atoms with Crippen LogP contribution in [0.2, 0.25) is 0 Å². The third-order valence-corrected chi connectivity index (χ3v) is 3.17. The summed E-state index contributed by atoms with van der Waals surface area (Å²) in [6.07, 6.45) is 7.45. The second kappa shape index (κ2) is 6.11. The Balaban J connectivity index is 2.38. The lowest BCUT2D eigenvalue weighted by molar-refractivity contribution is -0.120. The lowest BCUT2D eigenvalue weighted by atomic mass is 9.84. The number of rotatable bonds is 5. The second-order valence-corrected chi connectivity index (χ2v) is 5.02. The van der Waals surface area contributed by atoms with Gasteiger partial charge >= 0.3 is 0 Å². The summed E-state index contributed by atoms with van der Waals surface area (Å²) in [6, 6.07) is 0.194. The Kier molecular flexibility index (Phi) is 5.09. The molecule has 3 N–H and O–H groups in total. The SMILES string of the molecule is CC(C)NC(CC1CCCCC1)C(N)=O. The molecule has 0 radical (unpaired) electrons. The molecule has 1 atom stereocenters. The van der Waals surface area contributed by atoms with E-state index in [0.717, 1.165) is 6.42 Å². The first-order valence-corrected chi connectivity index (χ1v) is 6.15. The van der Waals surface area contributed by atoms with E-state index < -0.39 is 0 Å². The van der Waals surface area contributed by atoms with Crippen molar-refractivity contribution in [2.75, 3.05) is 0 Å². The summed E-state index contributed by atoms with van der Waals surface area (Å²) in [4.78, 5) is 11.3. The van der Waals surface area contributed by atoms with Gasteiger partial charge < -0.3 is 11.1 Å². The molecule has 1 unspecified atom stereocenters. The Morgan fingerprint density at radius 3 is 2.40 bits per heavy atom. The molecular formula is C12H24N2O. The fourth-order valence-corrected chi connectivity index (χ4v) is 2.42. The van der Waals surface area contributed by atoms with Crippen molar-refractivity contribution in [1.29, 1.82) is 0 Å². The molecule has 0 saturated heterocycles. The van der Waals surface area contributed by atoms with Crippen LogP contribution in [0.15, 0.2) is 0 Å². The predicted octanol–water partition coefficient (Wildman–Crippen LogP) is 1.81. The molecule has 1 aliphatic rings. The number of amides is 1. The molecule has 0 aromatic rings. The highest BCUT2D eigenvalue weighted by molar-refractivity contribution is 5.79. The molecule has 1 saturated carbocycles. The third kappa shape index (κ3) is 4.65. The fourth-order valence-electron chi connectivity index (χ4n) is 2.42. The summed E-state index contributed by atoms with van der Waals surface area (Å²) in [7, 11) is 0. The van der Waals surface area contributed by atoms with Gasteiger partial charge in [-0.1, -0.05) is 46.0 Å². The Morgan fingerprint density at radius 1 is 1.33 bits per heavy atom. The number of hydrogen-bond acceptors (Lipinski definition) is 2. The van der Waals surface area contributed by atoms with Crippen molar-refractivity contribution in [3.63, 3.8) is 0 Å². The zero-order chi connectivity index (χ0) is 11.3. The third-order valence-electron chi connectivity index (χ3n) is 3.17. The zero-order valence-electron chi connectivity index (χ0n) is 9.96. The van der Waals surface area contributed by atoms with Crippen molar-refractivity contribution in [1.82, 2.24) is 5.32 Å². The minimum Gasteiger partial charge on any atom is -0.368 e. The second-order valence-electron chi connectivity index (χ2n) is 5.02. The average molecular weight is 212 g/mol. The van der Waals surface area contributed by atoms with Gasteiger partial charge in [-0.05, 0) is 12.3 Å². The molecule has 0 aromatic heterocycles. The van der Waals surface area contributed by atoms with Crippen molar-refractivity contribution >= 4 is 5.91 Å². The fraction of sp³-hybridized carbons (Fsp3) is 0.917. The number of carbonyl (C=O) groups excluding carboxylic acids is 1. The predicted molar refractivity (Wildman–Crippen MR) is 62.4 cm³/mol. The van der Waals surface area contributed by atoms with Crippen LogP contribution >= 0.6 is 0 Å². The van der Waals surface area contributed by atoms with E-state index in [4.69, 9.17) is 5.73 Å². The Hall–Kier alpha value is -0.570. The van der Waals surface area contributed by atoms with E-state index in [0.29, 0.717) is 12.0 Å². The van der Waals surface area contributed by atoms with Gasteiger partial charge in [0, 0.05) is 6.04 Å². The highest BCUT2D eigenvalue weighted by Gasteiger charge is 2.22. The number of nitrogens with one attached hydrogen (secondary N) is 1. The zero-order valence-corrected chi connectivity index (χ0v) is 9.96. The molecule has 3 nitrogen and oxygen atoms in total. The van der Waals surface area contributed by atoms with Gasteiger partial charge in [0.05, 0.1) is 6.04 Å². The van der Waals surface area contributed by atoms with Gasteiger partial charge in [-0.25, -0.2) is 0 Å². The van der Waals surface area contributed by atoms with Crippen LogP contribution in [0.4, 0.5) is 0 Å². The van der Waals surface area contributed by atoms with E-state index in [-0.39, 0.29) is 11.9 Å². The van der Waals surface area contributed by atoms with Gasteiger partial charge in [-0.3, -0.25) is 4.79 Å². The largest absolute Gasteiger partial charge is 0.368 e. The van der Waals surface area contributed by atoms with Crippen LogP contribution in [0.25, 0.3) is 0 Å². The minimum absolute atomic E-state index is 0.131. The highest BCUT2D eigenvalue weighted by atomic mass is 16.1. The Morgan fingerprint density at radius 2 is 1.93 bits per heavy atom. The summed E-state index contributed by atoms with van der Waals surface area (Å²) in [6.45, 7) is 4.10. The maximum absolute atomic E-state index is 11.3. The highest BCUT2D eigenvalue weighted by Crippen LogP contribution is 2.27. The standard InChI is InChI=1S/C12H24N2O/c1-9(2)14-11(12(13)15)8-10-6-4-3-5-7-10/h9-11,14H,3-8H2,1-2H3,(H2,13,15). The van der Waals surface area contributed by atoms with Gasteiger partial charge in [0.2, 0.25) is 5.91 Å². The smallest absolute Gasteiger partial charge is 0.234 e. The van der Waals surface area contributed by atoms with Crippen LogP contribution in [0.5, 0.6) is 0 Å². The van der Waals surface area contributed by atoms with Crippen molar-refractivity contribution in [2.24, 2.45) is 11.7 Å². The average Bonchev–Trinajstić information content (AvgIpc) is 2.17. The van der Waals surface area contributed by atoms with E-state index in [9.17, 15) is 4.79 Å². The van der Waals surface area contributed by atoms with E-state index in [1.54, 1.807) is 0 Å². The van der Waals surface area contributed by atoms with Crippen LogP contribution in [-0.2, 0) is 4.79 Å². The first-order valence-electron chi connectivity index (χ1n) is 6.15. The van der Waals surface area contributed by atoms with E-state index in [1.165, 1.54) is 32.1 Å². The first-order chi connectivity index (χ1) is 7.09. The van der Waals surface area contributed by atoms with Crippen LogP contribution in [0.3, 0.4) is 0 Å². The van der Waals surface area contributed by atoms with Crippen LogP contribution in [0, 0.1) is 5.92 Å². The number of hydrogen-bond donors (Lipinski definition) is 2. The molecule has 1 rings (SSSR count). The monoisotopic (exact) mass is 212 g/mol. The van der Waals surface area contributed by atoms with Gasteiger partial charge in [-0.15, -0.1) is 0 Å². The number of carbonyl (C=O) groups is 1. The summed E-state index contributed by atoms with van der Waals surface area (Å²) < 4.78 is 0. The van der Waals surface area contributed by atoms with E-state index in [1.807, 2.05) is 0 Å². The van der Waals surface area contributed by atoms with Gasteiger partial charge in [0.1, 0.15) is 0 Å². The molecule has 1 fully saturated rings. The van der Waals surface area contributed by atoms with Crippen molar-refractivity contribution < 1.29 is 4.79 Å². The van der Waals surface area contributed by atoms with Gasteiger partial charge in [0.15, 0.2) is 0 Å². The quantitative estimate of drug-likeness (QED) is 0.730. The Bertz CT molecular complexity index is 198. The van der Waals surface area contributed by atoms with Crippen molar-refractivity contribution in [3.05, 3.63) is 0 Å². The van der Waals surface area contributed by atoms with Gasteiger partial charge in [-0.2, -0.15) is 0 Å². The molecule has 15 heavy (non-hydrogen) atoms. The molecule has 1 aliphatic carbocycles. The van der Waals surface area contributed by atoms with Crippen LogP contribution < -0.4 is 11.1 Å². The topological polar surface area (TPSA) is 55.1 Å². The molecule has 1 amide bonds. The summed E-state index contributed by atoms with van der Waals surface area (Å²) in [5.41, 5.74) is 5.40. The summed E-state index contributed by atoms with van der Waals surface area (Å²) in [5, 5.41) is 3.25. The van der Waals surface area contributed by atoms with Crippen molar-refractivity contribution in [2.45, 2.75) is 64.5 Å². The molecule has 88 valence electrons. The van der Waals surface area contributed by atoms with E-state index >= 15 is 0 Å².